The number of hydrogen-bond donors (Lipinski definition) is 1. The summed E-state index contributed by atoms with van der Waals surface area (Å²) in [6, 6.07) is 9.73. The number of rotatable bonds is 4. The van der Waals surface area contributed by atoms with Crippen LogP contribution in [0.25, 0.3) is 0 Å². The molecule has 0 amide bonds. The lowest BCUT2D eigenvalue weighted by Crippen LogP contribution is -2.48. The molecule has 0 aliphatic carbocycles. The minimum absolute atomic E-state index is 0.126. The molecule has 0 aliphatic rings. The van der Waals surface area contributed by atoms with E-state index in [1.807, 2.05) is 44.3 Å². The van der Waals surface area contributed by atoms with Crippen molar-refractivity contribution in [1.29, 1.82) is 0 Å². The first-order valence-electron chi connectivity index (χ1n) is 4.70. The Bertz CT molecular complexity index is 310. The van der Waals surface area contributed by atoms with Crippen LogP contribution in [0.1, 0.15) is 6.92 Å². The summed E-state index contributed by atoms with van der Waals surface area (Å²) >= 11 is 0. The first-order valence-corrected chi connectivity index (χ1v) is 4.70. The van der Waals surface area contributed by atoms with Gasteiger partial charge >= 0.3 is 5.97 Å². The lowest BCUT2D eigenvalue weighted by molar-refractivity contribution is -0.137. The molecule has 0 saturated heterocycles. The average Bonchev–Trinajstić information content (AvgIpc) is 2.18. The van der Waals surface area contributed by atoms with Crippen molar-refractivity contribution >= 4 is 11.7 Å². The number of benzene rings is 1. The molecule has 1 N–H and O–H groups in total. The fraction of sp³-hybridized carbons (Fsp3) is 0.364. The van der Waals surface area contributed by atoms with Gasteiger partial charge in [-0.3, -0.25) is 4.48 Å². The van der Waals surface area contributed by atoms with Crippen molar-refractivity contribution in [3.05, 3.63) is 30.3 Å². The topological polar surface area (TPSA) is 37.3 Å². The third kappa shape index (κ3) is 2.33. The minimum atomic E-state index is -0.766. The maximum absolute atomic E-state index is 10.7. The molecule has 0 bridgehead atoms. The summed E-state index contributed by atoms with van der Waals surface area (Å²) in [5.74, 6) is -0.766. The molecular weight excluding hydrogens is 178 g/mol. The van der Waals surface area contributed by atoms with Gasteiger partial charge in [0.25, 0.3) is 0 Å². The predicted octanol–water partition coefficient (Wildman–Crippen LogP) is 1.73. The monoisotopic (exact) mass is 194 g/mol. The van der Waals surface area contributed by atoms with Crippen LogP contribution in [0.15, 0.2) is 30.3 Å². The SMILES string of the molecule is CC[N+](C)(CC(=O)O)c1ccccc1. The number of aliphatic carboxylic acids is 1. The normalized spacial score (nSPS) is 14.7. The minimum Gasteiger partial charge on any atom is -0.477 e. The molecule has 14 heavy (non-hydrogen) atoms. The number of likely N-dealkylation sites (N-methyl/N-ethyl adjacent to an activating group) is 1. The van der Waals surface area contributed by atoms with Gasteiger partial charge in [0, 0.05) is 0 Å². The first-order chi connectivity index (χ1) is 6.58. The van der Waals surface area contributed by atoms with Gasteiger partial charge in [0.2, 0.25) is 0 Å². The molecule has 1 aromatic carbocycles. The number of para-hydroxylation sites is 1. The van der Waals surface area contributed by atoms with Crippen molar-refractivity contribution in [2.75, 3.05) is 20.1 Å². The van der Waals surface area contributed by atoms with Crippen LogP contribution >= 0.6 is 0 Å². The molecule has 1 aromatic rings. The van der Waals surface area contributed by atoms with Gasteiger partial charge in [0.15, 0.2) is 6.54 Å². The smallest absolute Gasteiger partial charge is 0.359 e. The van der Waals surface area contributed by atoms with E-state index in [4.69, 9.17) is 5.11 Å². The summed E-state index contributed by atoms with van der Waals surface area (Å²) in [6.07, 6.45) is 0. The largest absolute Gasteiger partial charge is 0.477 e. The van der Waals surface area contributed by atoms with Gasteiger partial charge in [-0.25, -0.2) is 4.79 Å². The van der Waals surface area contributed by atoms with E-state index in [1.54, 1.807) is 0 Å². The van der Waals surface area contributed by atoms with E-state index in [9.17, 15) is 4.79 Å². The van der Waals surface area contributed by atoms with Gasteiger partial charge < -0.3 is 5.11 Å². The Morgan fingerprint density at radius 1 is 1.36 bits per heavy atom. The zero-order valence-electron chi connectivity index (χ0n) is 8.60. The summed E-state index contributed by atoms with van der Waals surface area (Å²) in [4.78, 5) is 10.7. The summed E-state index contributed by atoms with van der Waals surface area (Å²) in [5.41, 5.74) is 1.04. The Kier molecular flexibility index (Phi) is 3.25. The van der Waals surface area contributed by atoms with Crippen LogP contribution in [0.2, 0.25) is 0 Å². The molecule has 0 saturated carbocycles. The number of nitrogens with zero attached hydrogens (tertiary/aromatic N) is 1. The third-order valence-electron chi connectivity index (χ3n) is 2.56. The van der Waals surface area contributed by atoms with E-state index >= 15 is 0 Å². The van der Waals surface area contributed by atoms with E-state index in [2.05, 4.69) is 0 Å². The highest BCUT2D eigenvalue weighted by atomic mass is 16.4. The first kappa shape index (κ1) is 10.7. The highest BCUT2D eigenvalue weighted by molar-refractivity contribution is 5.72. The quantitative estimate of drug-likeness (QED) is 0.741. The highest BCUT2D eigenvalue weighted by Gasteiger charge is 2.25. The molecule has 76 valence electrons. The van der Waals surface area contributed by atoms with Gasteiger partial charge in [0.1, 0.15) is 5.69 Å². The van der Waals surface area contributed by atoms with Crippen molar-refractivity contribution in [3.63, 3.8) is 0 Å². The Labute approximate surface area is 84.2 Å². The van der Waals surface area contributed by atoms with Crippen LogP contribution in [0.3, 0.4) is 0 Å². The van der Waals surface area contributed by atoms with Crippen molar-refractivity contribution in [1.82, 2.24) is 4.48 Å². The molecule has 0 fully saturated rings. The van der Waals surface area contributed by atoms with E-state index < -0.39 is 5.97 Å². The van der Waals surface area contributed by atoms with Crippen molar-refractivity contribution in [2.45, 2.75) is 6.92 Å². The van der Waals surface area contributed by atoms with Gasteiger partial charge in [0.05, 0.1) is 13.6 Å². The Hall–Kier alpha value is -1.35. The van der Waals surface area contributed by atoms with E-state index in [1.165, 1.54) is 0 Å². The van der Waals surface area contributed by atoms with Crippen LogP contribution in [0.4, 0.5) is 5.69 Å². The highest BCUT2D eigenvalue weighted by Crippen LogP contribution is 2.19. The standard InChI is InChI=1S/C11H15NO2/c1-3-12(2,9-11(13)14)10-7-5-4-6-8-10/h4-8H,3,9H2,1-2H3/p+1. The van der Waals surface area contributed by atoms with Crippen molar-refractivity contribution < 1.29 is 9.90 Å². The Morgan fingerprint density at radius 3 is 2.36 bits per heavy atom. The molecule has 1 unspecified atom stereocenters. The number of hydrogen-bond acceptors (Lipinski definition) is 1. The van der Waals surface area contributed by atoms with Crippen LogP contribution < -0.4 is 4.48 Å². The Morgan fingerprint density at radius 2 is 1.93 bits per heavy atom. The maximum Gasteiger partial charge on any atom is 0.359 e. The van der Waals surface area contributed by atoms with E-state index in [-0.39, 0.29) is 6.54 Å². The summed E-state index contributed by atoms with van der Waals surface area (Å²) in [7, 11) is 1.93. The summed E-state index contributed by atoms with van der Waals surface area (Å²) in [6.45, 7) is 2.90. The second-order valence-corrected chi connectivity index (χ2v) is 3.60. The zero-order chi connectivity index (χ0) is 10.6. The van der Waals surface area contributed by atoms with E-state index in [0.29, 0.717) is 4.48 Å². The molecule has 3 heteroatoms. The molecular formula is C11H16NO2+. The lowest BCUT2D eigenvalue weighted by Gasteiger charge is -2.30. The predicted molar refractivity (Wildman–Crippen MR) is 57.2 cm³/mol. The fourth-order valence-electron chi connectivity index (χ4n) is 1.47. The molecule has 0 spiro atoms. The van der Waals surface area contributed by atoms with Gasteiger partial charge in [-0.2, -0.15) is 0 Å². The number of carboxylic acid groups (broad SMARTS) is 1. The molecule has 0 heterocycles. The molecule has 0 aliphatic heterocycles. The Balaban J connectivity index is 2.95. The molecule has 1 rings (SSSR count). The van der Waals surface area contributed by atoms with Crippen LogP contribution in [0.5, 0.6) is 0 Å². The zero-order valence-corrected chi connectivity index (χ0v) is 8.60. The van der Waals surface area contributed by atoms with Crippen molar-refractivity contribution in [3.8, 4) is 0 Å². The van der Waals surface area contributed by atoms with Gasteiger partial charge in [-0.15, -0.1) is 0 Å². The number of carbonyl (C=O) groups is 1. The van der Waals surface area contributed by atoms with Crippen LogP contribution in [0, 0.1) is 0 Å². The van der Waals surface area contributed by atoms with Crippen LogP contribution in [-0.4, -0.2) is 31.2 Å². The second-order valence-electron chi connectivity index (χ2n) is 3.60. The van der Waals surface area contributed by atoms with Gasteiger partial charge in [-0.05, 0) is 19.1 Å². The summed E-state index contributed by atoms with van der Waals surface area (Å²) < 4.78 is 0.441. The number of carboxylic acids is 1. The van der Waals surface area contributed by atoms with E-state index in [0.717, 1.165) is 12.2 Å². The molecule has 0 radical (unpaired) electrons. The average molecular weight is 194 g/mol. The second kappa shape index (κ2) is 4.24. The van der Waals surface area contributed by atoms with Crippen molar-refractivity contribution in [2.24, 2.45) is 0 Å². The summed E-state index contributed by atoms with van der Waals surface area (Å²) in [5, 5.41) is 8.83. The number of quaternary nitrogens is 1. The maximum atomic E-state index is 10.7. The lowest BCUT2D eigenvalue weighted by atomic mass is 10.2. The third-order valence-corrected chi connectivity index (χ3v) is 2.56. The molecule has 0 aromatic heterocycles. The fourth-order valence-corrected chi connectivity index (χ4v) is 1.47. The molecule has 1 atom stereocenters. The van der Waals surface area contributed by atoms with Crippen LogP contribution in [-0.2, 0) is 4.79 Å². The molecule has 3 nitrogen and oxygen atoms in total. The van der Waals surface area contributed by atoms with Gasteiger partial charge in [-0.1, -0.05) is 18.2 Å².